The SMILES string of the molecule is Cc1ccc(NC(=O)CN2CCc3sccc3[C@@H]2c2cccs2)cc1F. The zero-order chi connectivity index (χ0) is 18.1. The van der Waals surface area contributed by atoms with Crippen molar-refractivity contribution in [3.05, 3.63) is 73.9 Å². The molecule has 0 saturated heterocycles. The van der Waals surface area contributed by atoms with Crippen LogP contribution in [0.1, 0.15) is 26.9 Å². The first-order valence-electron chi connectivity index (χ1n) is 8.51. The first-order valence-corrected chi connectivity index (χ1v) is 10.3. The minimum Gasteiger partial charge on any atom is -0.325 e. The molecule has 3 aromatic rings. The van der Waals surface area contributed by atoms with Gasteiger partial charge >= 0.3 is 0 Å². The topological polar surface area (TPSA) is 32.3 Å². The average Bonchev–Trinajstić information content (AvgIpc) is 3.29. The van der Waals surface area contributed by atoms with Crippen molar-refractivity contribution in [2.45, 2.75) is 19.4 Å². The minimum absolute atomic E-state index is 0.116. The van der Waals surface area contributed by atoms with E-state index < -0.39 is 0 Å². The lowest BCUT2D eigenvalue weighted by Crippen LogP contribution is -2.40. The van der Waals surface area contributed by atoms with Crippen LogP contribution in [0.15, 0.2) is 47.2 Å². The number of hydrogen-bond donors (Lipinski definition) is 1. The maximum atomic E-state index is 13.7. The maximum Gasteiger partial charge on any atom is 0.238 e. The van der Waals surface area contributed by atoms with Crippen molar-refractivity contribution in [1.29, 1.82) is 0 Å². The Hall–Kier alpha value is -2.02. The molecule has 1 aliphatic heterocycles. The summed E-state index contributed by atoms with van der Waals surface area (Å²) in [4.78, 5) is 17.4. The first kappa shape index (κ1) is 17.4. The van der Waals surface area contributed by atoms with Gasteiger partial charge in [0.1, 0.15) is 5.82 Å². The molecule has 0 unspecified atom stereocenters. The van der Waals surface area contributed by atoms with E-state index in [2.05, 4.69) is 33.1 Å². The van der Waals surface area contributed by atoms with Crippen LogP contribution in [0.25, 0.3) is 0 Å². The summed E-state index contributed by atoms with van der Waals surface area (Å²) in [6.45, 7) is 2.83. The number of thiophene rings is 2. The Morgan fingerprint density at radius 3 is 2.92 bits per heavy atom. The van der Waals surface area contributed by atoms with Crippen molar-refractivity contribution < 1.29 is 9.18 Å². The second kappa shape index (κ2) is 7.31. The Morgan fingerprint density at radius 1 is 1.27 bits per heavy atom. The van der Waals surface area contributed by atoms with Crippen LogP contribution in [0.4, 0.5) is 10.1 Å². The molecule has 26 heavy (non-hydrogen) atoms. The molecule has 1 aromatic carbocycles. The van der Waals surface area contributed by atoms with Crippen molar-refractivity contribution in [3.63, 3.8) is 0 Å². The predicted molar refractivity (Wildman–Crippen MR) is 106 cm³/mol. The van der Waals surface area contributed by atoms with E-state index in [9.17, 15) is 9.18 Å². The second-order valence-electron chi connectivity index (χ2n) is 6.45. The van der Waals surface area contributed by atoms with E-state index in [0.29, 0.717) is 11.3 Å². The molecule has 0 fully saturated rings. The number of halogens is 1. The molecule has 0 radical (unpaired) electrons. The average molecular weight is 387 g/mol. The number of anilines is 1. The number of nitrogens with one attached hydrogen (secondary N) is 1. The molecule has 0 saturated carbocycles. The van der Waals surface area contributed by atoms with Gasteiger partial charge in [0.05, 0.1) is 12.6 Å². The summed E-state index contributed by atoms with van der Waals surface area (Å²) in [6.07, 6.45) is 0.960. The third-order valence-corrected chi connectivity index (χ3v) is 6.60. The van der Waals surface area contributed by atoms with Gasteiger partial charge in [0, 0.05) is 22.0 Å². The van der Waals surface area contributed by atoms with Crippen molar-refractivity contribution in [1.82, 2.24) is 4.90 Å². The van der Waals surface area contributed by atoms with Gasteiger partial charge in [-0.2, -0.15) is 0 Å². The summed E-state index contributed by atoms with van der Waals surface area (Å²) in [6, 6.07) is 11.3. The van der Waals surface area contributed by atoms with Gasteiger partial charge in [-0.3, -0.25) is 9.69 Å². The molecule has 3 nitrogen and oxygen atoms in total. The number of aryl methyl sites for hydroxylation is 1. The molecule has 1 atom stereocenters. The lowest BCUT2D eigenvalue weighted by Gasteiger charge is -2.34. The fourth-order valence-corrected chi connectivity index (χ4v) is 5.15. The molecule has 1 amide bonds. The van der Waals surface area contributed by atoms with Crippen LogP contribution in [0.5, 0.6) is 0 Å². The maximum absolute atomic E-state index is 13.7. The highest BCUT2D eigenvalue weighted by Crippen LogP contribution is 2.39. The number of benzene rings is 1. The number of amides is 1. The molecular formula is C20H19FN2OS2. The van der Waals surface area contributed by atoms with Crippen LogP contribution in [0, 0.1) is 12.7 Å². The summed E-state index contributed by atoms with van der Waals surface area (Å²) in [5.74, 6) is -0.423. The number of carbonyl (C=O) groups excluding carboxylic acids is 1. The van der Waals surface area contributed by atoms with Crippen LogP contribution in [-0.2, 0) is 11.2 Å². The molecule has 1 aliphatic rings. The number of carbonyl (C=O) groups is 1. The lowest BCUT2D eigenvalue weighted by atomic mass is 9.98. The second-order valence-corrected chi connectivity index (χ2v) is 8.43. The minimum atomic E-state index is -0.305. The van der Waals surface area contributed by atoms with E-state index in [1.807, 2.05) is 6.07 Å². The van der Waals surface area contributed by atoms with Gasteiger partial charge in [-0.05, 0) is 59.5 Å². The van der Waals surface area contributed by atoms with Gasteiger partial charge in [0.15, 0.2) is 0 Å². The van der Waals surface area contributed by atoms with E-state index in [1.165, 1.54) is 21.4 Å². The molecule has 2 aromatic heterocycles. The monoisotopic (exact) mass is 386 g/mol. The zero-order valence-corrected chi connectivity index (χ0v) is 16.0. The molecular weight excluding hydrogens is 367 g/mol. The highest BCUT2D eigenvalue weighted by atomic mass is 32.1. The highest BCUT2D eigenvalue weighted by molar-refractivity contribution is 7.10. The van der Waals surface area contributed by atoms with E-state index >= 15 is 0 Å². The molecule has 1 N–H and O–H groups in total. The summed E-state index contributed by atoms with van der Waals surface area (Å²) in [5.41, 5.74) is 2.37. The van der Waals surface area contributed by atoms with Gasteiger partial charge in [-0.15, -0.1) is 22.7 Å². The van der Waals surface area contributed by atoms with Crippen LogP contribution < -0.4 is 5.32 Å². The van der Waals surface area contributed by atoms with Crippen LogP contribution in [-0.4, -0.2) is 23.9 Å². The van der Waals surface area contributed by atoms with E-state index in [1.54, 1.807) is 41.7 Å². The van der Waals surface area contributed by atoms with E-state index in [4.69, 9.17) is 0 Å². The third-order valence-electron chi connectivity index (χ3n) is 4.68. The van der Waals surface area contributed by atoms with Gasteiger partial charge in [0.25, 0.3) is 0 Å². The molecule has 134 valence electrons. The quantitative estimate of drug-likeness (QED) is 0.696. The zero-order valence-electron chi connectivity index (χ0n) is 14.4. The number of fused-ring (bicyclic) bond motifs is 1. The van der Waals surface area contributed by atoms with Crippen molar-refractivity contribution >= 4 is 34.3 Å². The lowest BCUT2D eigenvalue weighted by molar-refractivity contribution is -0.117. The summed E-state index contributed by atoms with van der Waals surface area (Å²) in [5, 5.41) is 7.03. The van der Waals surface area contributed by atoms with Gasteiger partial charge in [-0.1, -0.05) is 12.1 Å². The Bertz CT molecular complexity index is 920. The van der Waals surface area contributed by atoms with Crippen LogP contribution in [0.2, 0.25) is 0 Å². The number of nitrogens with zero attached hydrogens (tertiary/aromatic N) is 1. The standard InChI is InChI=1S/C20H19FN2OS2/c1-13-4-5-14(11-16(13)21)22-19(24)12-23-8-6-17-15(7-10-26-17)20(23)18-3-2-9-25-18/h2-5,7,9-11,20H,6,8,12H2,1H3,(H,22,24)/t20-/m1/s1. The van der Waals surface area contributed by atoms with Gasteiger partial charge in [-0.25, -0.2) is 4.39 Å². The third kappa shape index (κ3) is 3.45. The van der Waals surface area contributed by atoms with Gasteiger partial charge in [0.2, 0.25) is 5.91 Å². The Labute approximate surface area is 160 Å². The fraction of sp³-hybridized carbons (Fsp3) is 0.250. The Kier molecular flexibility index (Phi) is 4.89. The highest BCUT2D eigenvalue weighted by Gasteiger charge is 2.31. The smallest absolute Gasteiger partial charge is 0.238 e. The molecule has 3 heterocycles. The normalized spacial score (nSPS) is 17.1. The predicted octanol–water partition coefficient (Wildman–Crippen LogP) is 4.84. The van der Waals surface area contributed by atoms with Crippen molar-refractivity contribution in [3.8, 4) is 0 Å². The van der Waals surface area contributed by atoms with Gasteiger partial charge < -0.3 is 5.32 Å². The molecule has 6 heteroatoms. The van der Waals surface area contributed by atoms with E-state index in [0.717, 1.165) is 13.0 Å². The Balaban J connectivity index is 1.53. The molecule has 0 aliphatic carbocycles. The fourth-order valence-electron chi connectivity index (χ4n) is 3.37. The Morgan fingerprint density at radius 2 is 2.15 bits per heavy atom. The molecule has 0 bridgehead atoms. The first-order chi connectivity index (χ1) is 12.6. The van der Waals surface area contributed by atoms with Crippen molar-refractivity contribution in [2.75, 3.05) is 18.4 Å². The molecule has 4 rings (SSSR count). The number of hydrogen-bond acceptors (Lipinski definition) is 4. The largest absolute Gasteiger partial charge is 0.325 e. The van der Waals surface area contributed by atoms with E-state index in [-0.39, 0.29) is 24.3 Å². The summed E-state index contributed by atoms with van der Waals surface area (Å²) < 4.78 is 13.7. The van der Waals surface area contributed by atoms with Crippen LogP contribution in [0.3, 0.4) is 0 Å². The van der Waals surface area contributed by atoms with Crippen molar-refractivity contribution in [2.24, 2.45) is 0 Å². The summed E-state index contributed by atoms with van der Waals surface area (Å²) >= 11 is 3.51. The summed E-state index contributed by atoms with van der Waals surface area (Å²) in [7, 11) is 0. The molecule has 0 spiro atoms. The van der Waals surface area contributed by atoms with Crippen LogP contribution >= 0.6 is 22.7 Å². The number of rotatable bonds is 4.